The van der Waals surface area contributed by atoms with Gasteiger partial charge in [-0.05, 0) is 17.7 Å². The number of fused-ring (bicyclic) bond motifs is 3. The Hall–Kier alpha value is -3.07. The molecule has 1 heterocycles. The van der Waals surface area contributed by atoms with Crippen LogP contribution in [0.4, 0.5) is 0 Å². The second-order valence-corrected chi connectivity index (χ2v) is 5.11. The summed E-state index contributed by atoms with van der Waals surface area (Å²) in [6, 6.07) is 26.3. The quantitative estimate of drug-likeness (QED) is 0.558. The molecule has 0 saturated heterocycles. The molecule has 0 saturated carbocycles. The fourth-order valence-electron chi connectivity index (χ4n) is 2.50. The van der Waals surface area contributed by atoms with E-state index in [1.54, 1.807) is 0 Å². The number of carbonyl (C=O) groups excluding carboxylic acids is 1. The predicted molar refractivity (Wildman–Crippen MR) is 93.1 cm³/mol. The van der Waals surface area contributed by atoms with E-state index in [0.29, 0.717) is 13.1 Å². The van der Waals surface area contributed by atoms with Gasteiger partial charge in [-0.3, -0.25) is 4.79 Å². The number of hydrogen-bond acceptors (Lipinski definition) is 2. The van der Waals surface area contributed by atoms with Gasteiger partial charge in [-0.25, -0.2) is 0 Å². The summed E-state index contributed by atoms with van der Waals surface area (Å²) in [6.45, 7) is 0.817. The van der Waals surface area contributed by atoms with Crippen molar-refractivity contribution in [2.45, 2.75) is 6.61 Å². The van der Waals surface area contributed by atoms with Gasteiger partial charge in [0.25, 0.3) is 6.47 Å². The molecule has 1 N–H and O–H groups in total. The molecule has 3 nitrogen and oxygen atoms in total. The van der Waals surface area contributed by atoms with Crippen LogP contribution in [-0.4, -0.2) is 11.5 Å². The maximum absolute atomic E-state index is 9.76. The number of H-pyrrole nitrogens is 1. The van der Waals surface area contributed by atoms with Crippen molar-refractivity contribution in [3.63, 3.8) is 0 Å². The van der Waals surface area contributed by atoms with Crippen molar-refractivity contribution in [2.24, 2.45) is 0 Å². The molecule has 1 aromatic heterocycles. The molecule has 114 valence electrons. The molecule has 4 aromatic rings. The second kappa shape index (κ2) is 7.27. The lowest BCUT2D eigenvalue weighted by Crippen LogP contribution is -1.88. The number of rotatable bonds is 3. The van der Waals surface area contributed by atoms with Crippen LogP contribution in [0.25, 0.3) is 21.8 Å². The van der Waals surface area contributed by atoms with Crippen molar-refractivity contribution in [1.82, 2.24) is 4.98 Å². The van der Waals surface area contributed by atoms with E-state index in [9.17, 15) is 4.79 Å². The average Bonchev–Trinajstić information content (AvgIpc) is 3.00. The van der Waals surface area contributed by atoms with Crippen LogP contribution in [0.2, 0.25) is 0 Å². The molecule has 0 bridgehead atoms. The van der Waals surface area contributed by atoms with Gasteiger partial charge >= 0.3 is 0 Å². The van der Waals surface area contributed by atoms with Crippen LogP contribution in [0.1, 0.15) is 5.56 Å². The highest BCUT2D eigenvalue weighted by atomic mass is 16.5. The summed E-state index contributed by atoms with van der Waals surface area (Å²) in [4.78, 5) is 13.1. The monoisotopic (exact) mass is 303 g/mol. The van der Waals surface area contributed by atoms with E-state index in [0.717, 1.165) is 5.56 Å². The molecule has 0 atom stereocenters. The smallest absolute Gasteiger partial charge is 0.293 e. The topological polar surface area (TPSA) is 42.1 Å². The van der Waals surface area contributed by atoms with E-state index >= 15 is 0 Å². The zero-order valence-electron chi connectivity index (χ0n) is 12.6. The van der Waals surface area contributed by atoms with Crippen molar-refractivity contribution < 1.29 is 9.53 Å². The average molecular weight is 303 g/mol. The Morgan fingerprint density at radius 1 is 0.739 bits per heavy atom. The molecular formula is C20H17NO2. The van der Waals surface area contributed by atoms with E-state index in [1.807, 2.05) is 30.3 Å². The molecule has 23 heavy (non-hydrogen) atoms. The normalized spacial score (nSPS) is 10.1. The summed E-state index contributed by atoms with van der Waals surface area (Å²) >= 11 is 0. The Bertz CT molecular complexity index is 847. The van der Waals surface area contributed by atoms with Crippen LogP contribution in [0, 0.1) is 0 Å². The minimum Gasteiger partial charge on any atom is -0.463 e. The number of aromatic amines is 1. The number of carbonyl (C=O) groups is 1. The van der Waals surface area contributed by atoms with Crippen LogP contribution in [0.3, 0.4) is 0 Å². The van der Waals surface area contributed by atoms with Crippen LogP contribution >= 0.6 is 0 Å². The highest BCUT2D eigenvalue weighted by molar-refractivity contribution is 6.06. The van der Waals surface area contributed by atoms with Gasteiger partial charge in [0.1, 0.15) is 6.61 Å². The van der Waals surface area contributed by atoms with Gasteiger partial charge in [-0.1, -0.05) is 66.7 Å². The van der Waals surface area contributed by atoms with Gasteiger partial charge in [0.15, 0.2) is 0 Å². The van der Waals surface area contributed by atoms with Crippen LogP contribution < -0.4 is 0 Å². The molecular weight excluding hydrogens is 286 g/mol. The molecule has 3 heteroatoms. The Morgan fingerprint density at radius 2 is 1.26 bits per heavy atom. The summed E-state index contributed by atoms with van der Waals surface area (Å²) < 4.78 is 4.54. The molecule has 0 aliphatic heterocycles. The number of ether oxygens (including phenoxy) is 1. The molecule has 3 aromatic carbocycles. The zero-order chi connectivity index (χ0) is 15.9. The van der Waals surface area contributed by atoms with Gasteiger partial charge in [-0.2, -0.15) is 0 Å². The van der Waals surface area contributed by atoms with Crippen molar-refractivity contribution in [3.05, 3.63) is 84.4 Å². The van der Waals surface area contributed by atoms with E-state index in [-0.39, 0.29) is 0 Å². The predicted octanol–water partition coefficient (Wildman–Crippen LogP) is 4.68. The standard InChI is InChI=1S/C12H9N.C8H8O2/c1-3-7-11-9(5-1)10-6-2-4-8-12(10)13-11;9-7-10-6-8-4-2-1-3-5-8/h1-8,13H;1-5,7H,6H2. The SMILES string of the molecule is O=COCc1ccccc1.c1ccc2c(c1)[nH]c1ccccc12. The van der Waals surface area contributed by atoms with Crippen LogP contribution in [0.15, 0.2) is 78.9 Å². The largest absolute Gasteiger partial charge is 0.463 e. The zero-order valence-corrected chi connectivity index (χ0v) is 12.6. The minimum atomic E-state index is 0.365. The third-order valence-electron chi connectivity index (χ3n) is 3.57. The summed E-state index contributed by atoms with van der Waals surface area (Å²) in [5.74, 6) is 0. The summed E-state index contributed by atoms with van der Waals surface area (Å²) in [7, 11) is 0. The second-order valence-electron chi connectivity index (χ2n) is 5.11. The Balaban J connectivity index is 0.000000142. The van der Waals surface area contributed by atoms with Gasteiger partial charge in [0.2, 0.25) is 0 Å². The highest BCUT2D eigenvalue weighted by Crippen LogP contribution is 2.24. The maximum Gasteiger partial charge on any atom is 0.293 e. The molecule has 4 rings (SSSR count). The lowest BCUT2D eigenvalue weighted by molar-refractivity contribution is -0.129. The first-order valence-electron chi connectivity index (χ1n) is 7.43. The number of nitrogens with one attached hydrogen (secondary N) is 1. The number of aromatic nitrogens is 1. The number of benzene rings is 3. The molecule has 0 radical (unpaired) electrons. The first-order chi connectivity index (χ1) is 11.4. The molecule has 0 spiro atoms. The van der Waals surface area contributed by atoms with Crippen LogP contribution in [0.5, 0.6) is 0 Å². The lowest BCUT2D eigenvalue weighted by atomic mass is 10.2. The van der Waals surface area contributed by atoms with E-state index in [4.69, 9.17) is 0 Å². The maximum atomic E-state index is 9.76. The van der Waals surface area contributed by atoms with E-state index in [2.05, 4.69) is 58.3 Å². The fourth-order valence-corrected chi connectivity index (χ4v) is 2.50. The summed E-state index contributed by atoms with van der Waals surface area (Å²) in [6.07, 6.45) is 0. The number of hydrogen-bond donors (Lipinski definition) is 1. The third kappa shape index (κ3) is 3.58. The first-order valence-corrected chi connectivity index (χ1v) is 7.43. The summed E-state index contributed by atoms with van der Waals surface area (Å²) in [5.41, 5.74) is 3.43. The van der Waals surface area contributed by atoms with Gasteiger partial charge < -0.3 is 9.72 Å². The van der Waals surface area contributed by atoms with Crippen molar-refractivity contribution in [3.8, 4) is 0 Å². The Morgan fingerprint density at radius 3 is 1.83 bits per heavy atom. The van der Waals surface area contributed by atoms with Gasteiger partial charge in [0, 0.05) is 21.8 Å². The van der Waals surface area contributed by atoms with E-state index in [1.165, 1.54) is 21.8 Å². The summed E-state index contributed by atoms with van der Waals surface area (Å²) in [5, 5.41) is 2.61. The molecule has 0 aliphatic rings. The first kappa shape index (κ1) is 14.9. The molecule has 0 fully saturated rings. The fraction of sp³-hybridized carbons (Fsp3) is 0.0500. The lowest BCUT2D eigenvalue weighted by Gasteiger charge is -1.95. The van der Waals surface area contributed by atoms with Crippen molar-refractivity contribution in [1.29, 1.82) is 0 Å². The van der Waals surface area contributed by atoms with Crippen molar-refractivity contribution >= 4 is 28.3 Å². The van der Waals surface area contributed by atoms with Gasteiger partial charge in [0.05, 0.1) is 0 Å². The third-order valence-corrected chi connectivity index (χ3v) is 3.57. The highest BCUT2D eigenvalue weighted by Gasteiger charge is 2.00. The Labute approximate surface area is 134 Å². The van der Waals surface area contributed by atoms with Crippen molar-refractivity contribution in [2.75, 3.05) is 0 Å². The molecule has 0 unspecified atom stereocenters. The minimum absolute atomic E-state index is 0.365. The van der Waals surface area contributed by atoms with Gasteiger partial charge in [-0.15, -0.1) is 0 Å². The number of para-hydroxylation sites is 2. The molecule has 0 aliphatic carbocycles. The van der Waals surface area contributed by atoms with E-state index < -0.39 is 0 Å². The molecule has 0 amide bonds. The van der Waals surface area contributed by atoms with Crippen LogP contribution in [-0.2, 0) is 16.1 Å². The Kier molecular flexibility index (Phi) is 4.69.